The SMILES string of the molecule is COc1ccccc1OCCCn1cc(/C=C2\SC(=S)N(Cc3ccco3)C2=O)c2ccccc21. The second-order valence-electron chi connectivity index (χ2n) is 8.00. The second kappa shape index (κ2) is 10.4. The van der Waals surface area contributed by atoms with Crippen LogP contribution in [0, 0.1) is 0 Å². The van der Waals surface area contributed by atoms with Crippen LogP contribution in [0.2, 0.25) is 0 Å². The molecule has 0 aliphatic carbocycles. The van der Waals surface area contributed by atoms with Crippen LogP contribution in [0.15, 0.2) is 82.4 Å². The number of fused-ring (bicyclic) bond motifs is 1. The van der Waals surface area contributed by atoms with Gasteiger partial charge in [-0.25, -0.2) is 0 Å². The monoisotopic (exact) mass is 504 g/mol. The van der Waals surface area contributed by atoms with Crippen molar-refractivity contribution in [1.82, 2.24) is 9.47 Å². The van der Waals surface area contributed by atoms with Crippen LogP contribution in [0.5, 0.6) is 11.5 Å². The molecule has 0 radical (unpaired) electrons. The first-order valence-electron chi connectivity index (χ1n) is 11.3. The lowest BCUT2D eigenvalue weighted by Crippen LogP contribution is -2.27. The molecule has 8 heteroatoms. The minimum Gasteiger partial charge on any atom is -0.493 e. The van der Waals surface area contributed by atoms with Gasteiger partial charge in [0.2, 0.25) is 0 Å². The first-order chi connectivity index (χ1) is 17.1. The smallest absolute Gasteiger partial charge is 0.266 e. The Labute approximate surface area is 213 Å². The number of carbonyl (C=O) groups is 1. The Morgan fingerprint density at radius 2 is 1.86 bits per heavy atom. The largest absolute Gasteiger partial charge is 0.493 e. The highest BCUT2D eigenvalue weighted by molar-refractivity contribution is 8.26. The van der Waals surface area contributed by atoms with Gasteiger partial charge in [-0.2, -0.15) is 0 Å². The van der Waals surface area contributed by atoms with Crippen LogP contribution in [-0.2, 0) is 17.9 Å². The van der Waals surface area contributed by atoms with Gasteiger partial charge >= 0.3 is 0 Å². The molecule has 4 aromatic rings. The Hall–Kier alpha value is -3.49. The van der Waals surface area contributed by atoms with Crippen LogP contribution < -0.4 is 9.47 Å². The van der Waals surface area contributed by atoms with E-state index in [4.69, 9.17) is 26.1 Å². The zero-order valence-electron chi connectivity index (χ0n) is 19.2. The number of carbonyl (C=O) groups excluding carboxylic acids is 1. The molecule has 2 aromatic carbocycles. The van der Waals surface area contributed by atoms with Crippen molar-refractivity contribution in [2.45, 2.75) is 19.5 Å². The van der Waals surface area contributed by atoms with Gasteiger partial charge in [-0.15, -0.1) is 0 Å². The van der Waals surface area contributed by atoms with Crippen molar-refractivity contribution < 1.29 is 18.7 Å². The number of thiocarbonyl (C=S) groups is 1. The van der Waals surface area contributed by atoms with E-state index in [1.165, 1.54) is 11.8 Å². The minimum absolute atomic E-state index is 0.0987. The highest BCUT2D eigenvalue weighted by atomic mass is 32.2. The van der Waals surface area contributed by atoms with E-state index in [2.05, 4.69) is 22.9 Å². The molecule has 178 valence electrons. The summed E-state index contributed by atoms with van der Waals surface area (Å²) in [6, 6.07) is 19.5. The van der Waals surface area contributed by atoms with E-state index in [9.17, 15) is 4.79 Å². The summed E-state index contributed by atoms with van der Waals surface area (Å²) < 4.78 is 19.4. The average Bonchev–Trinajstić information content (AvgIpc) is 3.58. The summed E-state index contributed by atoms with van der Waals surface area (Å²) in [6.07, 6.45) is 6.44. The number of ether oxygens (including phenoxy) is 2. The van der Waals surface area contributed by atoms with Crippen molar-refractivity contribution in [2.24, 2.45) is 0 Å². The molecule has 1 fully saturated rings. The molecule has 0 bridgehead atoms. The van der Waals surface area contributed by atoms with Crippen LogP contribution in [0.4, 0.5) is 0 Å². The number of aryl methyl sites for hydroxylation is 1. The highest BCUT2D eigenvalue weighted by Gasteiger charge is 2.32. The fourth-order valence-electron chi connectivity index (χ4n) is 4.07. The molecule has 0 N–H and O–H groups in total. The van der Waals surface area contributed by atoms with E-state index in [1.807, 2.05) is 48.5 Å². The average molecular weight is 505 g/mol. The van der Waals surface area contributed by atoms with Gasteiger partial charge in [-0.05, 0) is 42.8 Å². The van der Waals surface area contributed by atoms with Crippen molar-refractivity contribution in [3.63, 3.8) is 0 Å². The van der Waals surface area contributed by atoms with Crippen LogP contribution in [0.1, 0.15) is 17.7 Å². The van der Waals surface area contributed by atoms with Gasteiger partial charge in [0.05, 0.1) is 31.4 Å². The zero-order chi connectivity index (χ0) is 24.2. The molecule has 1 amide bonds. The van der Waals surface area contributed by atoms with E-state index in [1.54, 1.807) is 24.3 Å². The maximum absolute atomic E-state index is 13.1. The third-order valence-corrected chi connectivity index (χ3v) is 7.12. The number of thioether (sulfide) groups is 1. The van der Waals surface area contributed by atoms with Gasteiger partial charge in [-0.1, -0.05) is 54.3 Å². The Kier molecular flexibility index (Phi) is 6.92. The number of benzene rings is 2. The molecule has 3 heterocycles. The van der Waals surface area contributed by atoms with Crippen LogP contribution >= 0.6 is 24.0 Å². The highest BCUT2D eigenvalue weighted by Crippen LogP contribution is 2.35. The Morgan fingerprint density at radius 3 is 2.66 bits per heavy atom. The van der Waals surface area contributed by atoms with Gasteiger partial charge in [0.1, 0.15) is 10.1 Å². The number of amides is 1. The summed E-state index contributed by atoms with van der Waals surface area (Å²) in [5, 5.41) is 1.09. The van der Waals surface area contributed by atoms with Gasteiger partial charge in [0.25, 0.3) is 5.91 Å². The molecule has 35 heavy (non-hydrogen) atoms. The molecule has 0 spiro atoms. The van der Waals surface area contributed by atoms with Crippen molar-refractivity contribution >= 4 is 51.2 Å². The number of hydrogen-bond acceptors (Lipinski definition) is 6. The predicted molar refractivity (Wildman–Crippen MR) is 142 cm³/mol. The maximum atomic E-state index is 13.1. The van der Waals surface area contributed by atoms with Crippen molar-refractivity contribution in [3.8, 4) is 11.5 Å². The number of nitrogens with zero attached hydrogens (tertiary/aromatic N) is 2. The molecule has 0 saturated carbocycles. The number of aromatic nitrogens is 1. The zero-order valence-corrected chi connectivity index (χ0v) is 20.8. The summed E-state index contributed by atoms with van der Waals surface area (Å²) >= 11 is 6.80. The summed E-state index contributed by atoms with van der Waals surface area (Å²) in [6.45, 7) is 1.68. The number of furan rings is 1. The predicted octanol–water partition coefficient (Wildman–Crippen LogP) is 6.11. The molecule has 1 aliphatic heterocycles. The number of methoxy groups -OCH3 is 1. The summed E-state index contributed by atoms with van der Waals surface area (Å²) in [7, 11) is 1.64. The fraction of sp³-hybridized carbons (Fsp3) is 0.185. The fourth-order valence-corrected chi connectivity index (χ4v) is 5.31. The van der Waals surface area contributed by atoms with Crippen molar-refractivity contribution in [2.75, 3.05) is 13.7 Å². The van der Waals surface area contributed by atoms with Crippen LogP contribution in [0.3, 0.4) is 0 Å². The van der Waals surface area contributed by atoms with Crippen LogP contribution in [-0.4, -0.2) is 33.4 Å². The molecular formula is C27H24N2O4S2. The summed E-state index contributed by atoms with van der Waals surface area (Å²) in [5.74, 6) is 2.07. The summed E-state index contributed by atoms with van der Waals surface area (Å²) in [5.41, 5.74) is 2.10. The topological polar surface area (TPSA) is 56.8 Å². The van der Waals surface area contributed by atoms with Gasteiger partial charge in [0, 0.05) is 29.2 Å². The number of hydrogen-bond donors (Lipinski definition) is 0. The molecule has 1 saturated heterocycles. The third-order valence-electron chi connectivity index (χ3n) is 5.74. The minimum atomic E-state index is -0.0987. The van der Waals surface area contributed by atoms with E-state index in [-0.39, 0.29) is 5.91 Å². The first-order valence-corrected chi connectivity index (χ1v) is 12.5. The van der Waals surface area contributed by atoms with E-state index in [0.717, 1.165) is 40.9 Å². The Morgan fingerprint density at radius 1 is 1.06 bits per heavy atom. The Bertz CT molecular complexity index is 1390. The molecule has 1 aliphatic rings. The molecular weight excluding hydrogens is 480 g/mol. The van der Waals surface area contributed by atoms with Crippen LogP contribution in [0.25, 0.3) is 17.0 Å². The lowest BCUT2D eigenvalue weighted by Gasteiger charge is -2.11. The van der Waals surface area contributed by atoms with Gasteiger partial charge < -0.3 is 18.5 Å². The number of para-hydroxylation sites is 3. The first kappa shape index (κ1) is 23.3. The molecule has 2 aromatic heterocycles. The molecule has 0 atom stereocenters. The van der Waals surface area contributed by atoms with Gasteiger partial charge in [0.15, 0.2) is 11.5 Å². The molecule has 5 rings (SSSR count). The van der Waals surface area contributed by atoms with E-state index >= 15 is 0 Å². The standard InChI is InChI=1S/C27H24N2O4S2/c1-31-23-11-4-5-12-24(23)33-15-7-13-28-17-19(21-9-2-3-10-22(21)28)16-25-26(30)29(27(34)35-25)18-20-8-6-14-32-20/h2-6,8-12,14,16-17H,7,13,15,18H2,1H3/b25-16-. The lowest BCUT2D eigenvalue weighted by atomic mass is 10.1. The van der Waals surface area contributed by atoms with Crippen molar-refractivity contribution in [3.05, 3.63) is 89.4 Å². The second-order valence-corrected chi connectivity index (χ2v) is 9.67. The van der Waals surface area contributed by atoms with E-state index < -0.39 is 0 Å². The Balaban J connectivity index is 1.31. The summed E-state index contributed by atoms with van der Waals surface area (Å²) in [4.78, 5) is 15.3. The molecule has 6 nitrogen and oxygen atoms in total. The normalized spacial score (nSPS) is 14.9. The maximum Gasteiger partial charge on any atom is 0.266 e. The quantitative estimate of drug-likeness (QED) is 0.156. The van der Waals surface area contributed by atoms with E-state index in [0.29, 0.717) is 28.1 Å². The lowest BCUT2D eigenvalue weighted by molar-refractivity contribution is -0.122. The third kappa shape index (κ3) is 4.99. The number of rotatable bonds is 9. The molecule has 0 unspecified atom stereocenters. The van der Waals surface area contributed by atoms with Gasteiger partial charge in [-0.3, -0.25) is 9.69 Å². The van der Waals surface area contributed by atoms with Crippen molar-refractivity contribution in [1.29, 1.82) is 0 Å².